The van der Waals surface area contributed by atoms with Crippen LogP contribution in [0.25, 0.3) is 11.1 Å². The topological polar surface area (TPSA) is 49.8 Å². The predicted molar refractivity (Wildman–Crippen MR) is 87.5 cm³/mol. The molecular weight excluding hydrogens is 278 g/mol. The summed E-state index contributed by atoms with van der Waals surface area (Å²) in [7, 11) is 4.00. The van der Waals surface area contributed by atoms with Gasteiger partial charge in [0.1, 0.15) is 11.3 Å². The van der Waals surface area contributed by atoms with E-state index in [4.69, 9.17) is 4.74 Å². The Labute approximate surface area is 131 Å². The molecule has 0 fully saturated rings. The highest BCUT2D eigenvalue weighted by molar-refractivity contribution is 5.92. The first-order valence-corrected chi connectivity index (χ1v) is 7.28. The molecule has 2 aromatic rings. The molecule has 22 heavy (non-hydrogen) atoms. The summed E-state index contributed by atoms with van der Waals surface area (Å²) in [6, 6.07) is 15.1. The lowest BCUT2D eigenvalue weighted by molar-refractivity contribution is 0.0692. The third-order valence-corrected chi connectivity index (χ3v) is 3.33. The zero-order chi connectivity index (χ0) is 15.9. The second kappa shape index (κ2) is 7.61. The first-order chi connectivity index (χ1) is 10.6. The molecule has 0 saturated carbocycles. The molecule has 0 heterocycles. The van der Waals surface area contributed by atoms with E-state index in [1.807, 2.05) is 50.5 Å². The second-order valence-corrected chi connectivity index (χ2v) is 5.39. The lowest BCUT2D eigenvalue weighted by Crippen LogP contribution is -2.16. The third-order valence-electron chi connectivity index (χ3n) is 3.33. The van der Waals surface area contributed by atoms with Gasteiger partial charge in [0, 0.05) is 6.54 Å². The van der Waals surface area contributed by atoms with Crippen LogP contribution in [0.15, 0.2) is 48.5 Å². The van der Waals surface area contributed by atoms with Crippen LogP contribution in [0.1, 0.15) is 16.8 Å². The number of ether oxygens (including phenoxy) is 1. The molecule has 0 aliphatic carbocycles. The SMILES string of the molecule is CN(C)CCCOc1cc(-c2ccccc2)ccc1C(=O)O. The molecule has 0 aromatic heterocycles. The van der Waals surface area contributed by atoms with Gasteiger partial charge in [-0.2, -0.15) is 0 Å². The minimum atomic E-state index is -0.970. The molecule has 0 unspecified atom stereocenters. The number of aromatic carboxylic acids is 1. The Morgan fingerprint density at radius 3 is 2.45 bits per heavy atom. The standard InChI is InChI=1S/C18H21NO3/c1-19(2)11-6-12-22-17-13-15(9-10-16(17)18(20)21)14-7-4-3-5-8-14/h3-5,7-10,13H,6,11-12H2,1-2H3,(H,20,21). The maximum Gasteiger partial charge on any atom is 0.339 e. The van der Waals surface area contributed by atoms with E-state index in [1.54, 1.807) is 12.1 Å². The normalized spacial score (nSPS) is 10.7. The van der Waals surface area contributed by atoms with Crippen LogP contribution in [-0.4, -0.2) is 43.2 Å². The van der Waals surface area contributed by atoms with E-state index in [-0.39, 0.29) is 5.56 Å². The van der Waals surface area contributed by atoms with Crippen molar-refractivity contribution in [3.63, 3.8) is 0 Å². The lowest BCUT2D eigenvalue weighted by Gasteiger charge is -2.13. The van der Waals surface area contributed by atoms with Crippen molar-refractivity contribution in [1.29, 1.82) is 0 Å². The molecule has 1 N–H and O–H groups in total. The van der Waals surface area contributed by atoms with E-state index >= 15 is 0 Å². The van der Waals surface area contributed by atoms with Crippen LogP contribution in [0, 0.1) is 0 Å². The highest BCUT2D eigenvalue weighted by Gasteiger charge is 2.12. The van der Waals surface area contributed by atoms with Gasteiger partial charge >= 0.3 is 5.97 Å². The zero-order valence-electron chi connectivity index (χ0n) is 13.0. The number of nitrogens with zero attached hydrogens (tertiary/aromatic N) is 1. The molecule has 2 rings (SSSR count). The van der Waals surface area contributed by atoms with Crippen molar-refractivity contribution < 1.29 is 14.6 Å². The first-order valence-electron chi connectivity index (χ1n) is 7.28. The summed E-state index contributed by atoms with van der Waals surface area (Å²) in [5, 5.41) is 9.28. The average Bonchev–Trinajstić information content (AvgIpc) is 2.52. The fourth-order valence-electron chi connectivity index (χ4n) is 2.19. The van der Waals surface area contributed by atoms with E-state index in [9.17, 15) is 9.90 Å². The summed E-state index contributed by atoms with van der Waals surface area (Å²) in [4.78, 5) is 13.4. The number of hydrogen-bond donors (Lipinski definition) is 1. The summed E-state index contributed by atoms with van der Waals surface area (Å²) < 4.78 is 5.70. The van der Waals surface area contributed by atoms with Gasteiger partial charge in [-0.3, -0.25) is 0 Å². The maximum atomic E-state index is 11.3. The highest BCUT2D eigenvalue weighted by Crippen LogP contribution is 2.27. The summed E-state index contributed by atoms with van der Waals surface area (Å²) in [5.74, 6) is -0.546. The summed E-state index contributed by atoms with van der Waals surface area (Å²) in [5.41, 5.74) is 2.19. The van der Waals surface area contributed by atoms with Gasteiger partial charge in [-0.25, -0.2) is 4.79 Å². The smallest absolute Gasteiger partial charge is 0.339 e. The molecule has 0 bridgehead atoms. The van der Waals surface area contributed by atoms with Crippen molar-refractivity contribution in [1.82, 2.24) is 4.90 Å². The van der Waals surface area contributed by atoms with Crippen LogP contribution >= 0.6 is 0 Å². The molecule has 4 nitrogen and oxygen atoms in total. The molecule has 4 heteroatoms. The fourth-order valence-corrected chi connectivity index (χ4v) is 2.19. The quantitative estimate of drug-likeness (QED) is 0.796. The number of benzene rings is 2. The van der Waals surface area contributed by atoms with Crippen molar-refractivity contribution in [3.8, 4) is 16.9 Å². The Bertz CT molecular complexity index is 623. The first kappa shape index (κ1) is 16.0. The average molecular weight is 299 g/mol. The molecule has 0 amide bonds. The van der Waals surface area contributed by atoms with Crippen molar-refractivity contribution in [3.05, 3.63) is 54.1 Å². The number of rotatable bonds is 7. The Balaban J connectivity index is 2.19. The Hall–Kier alpha value is -2.33. The Kier molecular flexibility index (Phi) is 5.55. The third kappa shape index (κ3) is 4.33. The van der Waals surface area contributed by atoms with Crippen LogP contribution < -0.4 is 4.74 Å². The number of carboxylic acids is 1. The number of hydrogen-bond acceptors (Lipinski definition) is 3. The van der Waals surface area contributed by atoms with Crippen LogP contribution in [0.5, 0.6) is 5.75 Å². The number of carbonyl (C=O) groups is 1. The van der Waals surface area contributed by atoms with Gasteiger partial charge in [0.15, 0.2) is 0 Å². The fraction of sp³-hybridized carbons (Fsp3) is 0.278. The minimum absolute atomic E-state index is 0.199. The molecule has 0 spiro atoms. The van der Waals surface area contributed by atoms with Gasteiger partial charge in [0.25, 0.3) is 0 Å². The Morgan fingerprint density at radius 2 is 1.82 bits per heavy atom. The summed E-state index contributed by atoms with van der Waals surface area (Å²) >= 11 is 0. The van der Waals surface area contributed by atoms with E-state index in [0.717, 1.165) is 24.1 Å². The molecule has 0 aliphatic rings. The van der Waals surface area contributed by atoms with Crippen LogP contribution in [0.4, 0.5) is 0 Å². The van der Waals surface area contributed by atoms with Gasteiger partial charge in [-0.1, -0.05) is 36.4 Å². The van der Waals surface area contributed by atoms with E-state index in [1.165, 1.54) is 0 Å². The maximum absolute atomic E-state index is 11.3. The van der Waals surface area contributed by atoms with Gasteiger partial charge < -0.3 is 14.7 Å². The van der Waals surface area contributed by atoms with Gasteiger partial charge in [0.05, 0.1) is 6.61 Å². The molecule has 0 atom stereocenters. The molecule has 0 radical (unpaired) electrons. The second-order valence-electron chi connectivity index (χ2n) is 5.39. The Morgan fingerprint density at radius 1 is 1.09 bits per heavy atom. The largest absolute Gasteiger partial charge is 0.493 e. The zero-order valence-corrected chi connectivity index (χ0v) is 13.0. The highest BCUT2D eigenvalue weighted by atomic mass is 16.5. The van der Waals surface area contributed by atoms with Crippen molar-refractivity contribution in [2.24, 2.45) is 0 Å². The van der Waals surface area contributed by atoms with Crippen LogP contribution in [0.3, 0.4) is 0 Å². The van der Waals surface area contributed by atoms with Crippen LogP contribution in [0.2, 0.25) is 0 Å². The van der Waals surface area contributed by atoms with E-state index < -0.39 is 5.97 Å². The van der Waals surface area contributed by atoms with E-state index in [0.29, 0.717) is 12.4 Å². The van der Waals surface area contributed by atoms with Crippen molar-refractivity contribution in [2.75, 3.05) is 27.2 Å². The molecule has 0 saturated heterocycles. The monoisotopic (exact) mass is 299 g/mol. The predicted octanol–water partition coefficient (Wildman–Crippen LogP) is 3.38. The van der Waals surface area contributed by atoms with Gasteiger partial charge in [-0.15, -0.1) is 0 Å². The minimum Gasteiger partial charge on any atom is -0.493 e. The summed E-state index contributed by atoms with van der Waals surface area (Å²) in [6.07, 6.45) is 0.849. The van der Waals surface area contributed by atoms with Crippen molar-refractivity contribution in [2.45, 2.75) is 6.42 Å². The van der Waals surface area contributed by atoms with Crippen LogP contribution in [-0.2, 0) is 0 Å². The van der Waals surface area contributed by atoms with Gasteiger partial charge in [-0.05, 0) is 43.8 Å². The van der Waals surface area contributed by atoms with Gasteiger partial charge in [0.2, 0.25) is 0 Å². The summed E-state index contributed by atoms with van der Waals surface area (Å²) in [6.45, 7) is 1.40. The molecule has 2 aromatic carbocycles. The molecular formula is C18H21NO3. The molecule has 0 aliphatic heterocycles. The number of carboxylic acid groups (broad SMARTS) is 1. The molecule has 116 valence electrons. The lowest BCUT2D eigenvalue weighted by atomic mass is 10.0. The van der Waals surface area contributed by atoms with Crippen molar-refractivity contribution >= 4 is 5.97 Å². The van der Waals surface area contributed by atoms with E-state index in [2.05, 4.69) is 4.90 Å².